The molecule has 6 nitrogen and oxygen atoms in total. The molecule has 0 heterocycles. The molecule has 2 unspecified atom stereocenters. The van der Waals surface area contributed by atoms with Crippen molar-refractivity contribution in [3.63, 3.8) is 0 Å². The molecule has 0 spiro atoms. The predicted molar refractivity (Wildman–Crippen MR) is 124 cm³/mol. The average Bonchev–Trinajstić information content (AvgIpc) is 2.70. The minimum absolute atomic E-state index is 0. The van der Waals surface area contributed by atoms with Crippen LogP contribution >= 0.6 is 0 Å². The molecule has 31 heavy (non-hydrogen) atoms. The maximum Gasteiger partial charge on any atom is 0.347 e. The summed E-state index contributed by atoms with van der Waals surface area (Å²) in [7, 11) is 0. The van der Waals surface area contributed by atoms with Gasteiger partial charge in [0.05, 0.1) is 0 Å². The first-order valence-electron chi connectivity index (χ1n) is 12.0. The van der Waals surface area contributed by atoms with E-state index in [2.05, 4.69) is 11.7 Å². The third-order valence-electron chi connectivity index (χ3n) is 5.27. The van der Waals surface area contributed by atoms with Crippen molar-refractivity contribution in [2.24, 2.45) is 0 Å². The molecule has 0 saturated heterocycles. The van der Waals surface area contributed by atoms with E-state index in [4.69, 9.17) is 9.84 Å². The van der Waals surface area contributed by atoms with E-state index in [1.165, 1.54) is 90.9 Å². The maximum atomic E-state index is 11.8. The number of aliphatic carboxylic acids is 1. The Balaban J connectivity index is 0. The largest absolute Gasteiger partial charge is 0.479 e. The van der Waals surface area contributed by atoms with Crippen molar-refractivity contribution in [1.82, 2.24) is 0 Å². The number of ether oxygens (including phenoxy) is 2. The topological polar surface area (TPSA) is 89.9 Å². The van der Waals surface area contributed by atoms with Crippen LogP contribution in [-0.2, 0) is 23.9 Å². The third-order valence-corrected chi connectivity index (χ3v) is 5.27. The minimum atomic E-state index is -1.26. The molecule has 0 saturated carbocycles. The first-order valence-corrected chi connectivity index (χ1v) is 12.0. The van der Waals surface area contributed by atoms with Gasteiger partial charge in [-0.1, -0.05) is 96.8 Å². The van der Waals surface area contributed by atoms with Gasteiger partial charge >= 0.3 is 17.9 Å². The first-order chi connectivity index (χ1) is 14.4. The van der Waals surface area contributed by atoms with Crippen LogP contribution in [0, 0.1) is 0 Å². The Hall–Kier alpha value is -0.590. The van der Waals surface area contributed by atoms with E-state index >= 15 is 0 Å². The van der Waals surface area contributed by atoms with Crippen molar-refractivity contribution in [2.75, 3.05) is 0 Å². The van der Waals surface area contributed by atoms with E-state index in [0.29, 0.717) is 0 Å². The summed E-state index contributed by atoms with van der Waals surface area (Å²) in [6.07, 6.45) is 16.8. The molecule has 0 amide bonds. The Kier molecular flexibility index (Phi) is 23.8. The second kappa shape index (κ2) is 22.6. The fourth-order valence-corrected chi connectivity index (χ4v) is 3.27. The van der Waals surface area contributed by atoms with E-state index in [-0.39, 0.29) is 36.0 Å². The zero-order valence-electron chi connectivity index (χ0n) is 20.5. The van der Waals surface area contributed by atoms with Gasteiger partial charge in [0, 0.05) is 36.0 Å². The first kappa shape index (κ1) is 32.6. The molecular weight excluding hydrogens is 407 g/mol. The van der Waals surface area contributed by atoms with Crippen molar-refractivity contribution in [1.29, 1.82) is 0 Å². The van der Waals surface area contributed by atoms with Crippen molar-refractivity contribution < 1.29 is 29.0 Å². The molecular formula is C24H44NaO6. The summed E-state index contributed by atoms with van der Waals surface area (Å²) in [5, 5.41) is 8.71. The molecule has 1 N–H and O–H groups in total. The van der Waals surface area contributed by atoms with E-state index in [0.717, 1.165) is 19.3 Å². The number of rotatable bonds is 20. The predicted octanol–water partition coefficient (Wildman–Crippen LogP) is 5.82. The summed E-state index contributed by atoms with van der Waals surface area (Å²) in [5.74, 6) is -2.52. The number of esters is 2. The normalized spacial score (nSPS) is 12.5. The number of hydrogen-bond acceptors (Lipinski definition) is 5. The number of carbonyl (C=O) groups excluding carboxylic acids is 2. The van der Waals surface area contributed by atoms with Crippen LogP contribution in [0.25, 0.3) is 0 Å². The molecule has 0 aliphatic rings. The van der Waals surface area contributed by atoms with Crippen LogP contribution in [0.1, 0.15) is 124 Å². The fraction of sp³-hybridized carbons (Fsp3) is 0.875. The summed E-state index contributed by atoms with van der Waals surface area (Å²) in [6.45, 7) is 4.90. The van der Waals surface area contributed by atoms with Crippen LogP contribution < -0.4 is 0 Å². The molecule has 2 atom stereocenters. The van der Waals surface area contributed by atoms with E-state index < -0.39 is 30.1 Å². The monoisotopic (exact) mass is 451 g/mol. The van der Waals surface area contributed by atoms with E-state index in [9.17, 15) is 14.4 Å². The van der Waals surface area contributed by atoms with Crippen LogP contribution in [-0.4, -0.2) is 64.8 Å². The second-order valence-electron chi connectivity index (χ2n) is 8.25. The van der Waals surface area contributed by atoms with Crippen LogP contribution in [0.5, 0.6) is 0 Å². The zero-order valence-corrected chi connectivity index (χ0v) is 22.5. The molecule has 0 aliphatic carbocycles. The molecule has 177 valence electrons. The number of carboxylic acid groups (broad SMARTS) is 1. The Bertz CT molecular complexity index is 469. The van der Waals surface area contributed by atoms with Crippen molar-refractivity contribution in [2.45, 2.75) is 136 Å². The molecule has 1 radical (unpaired) electrons. The van der Waals surface area contributed by atoms with Crippen LogP contribution in [0.4, 0.5) is 0 Å². The second-order valence-corrected chi connectivity index (χ2v) is 8.25. The number of carboxylic acids is 1. The van der Waals surface area contributed by atoms with E-state index in [1.54, 1.807) is 0 Å². The zero-order chi connectivity index (χ0) is 22.6. The molecule has 0 bridgehead atoms. The number of unbranched alkanes of at least 4 members (excludes halogenated alkanes) is 14. The van der Waals surface area contributed by atoms with Crippen LogP contribution in [0.3, 0.4) is 0 Å². The third kappa shape index (κ3) is 21.0. The van der Waals surface area contributed by atoms with Crippen molar-refractivity contribution in [3.8, 4) is 0 Å². The number of carbonyl (C=O) groups is 3. The maximum absolute atomic E-state index is 11.8. The molecule has 7 heteroatoms. The van der Waals surface area contributed by atoms with Gasteiger partial charge in [0.25, 0.3) is 0 Å². The van der Waals surface area contributed by atoms with Crippen LogP contribution in [0.15, 0.2) is 0 Å². The molecule has 0 fully saturated rings. The molecule has 0 aromatic carbocycles. The molecule has 0 rings (SSSR count). The van der Waals surface area contributed by atoms with Gasteiger partial charge in [-0.05, 0) is 20.3 Å². The smallest absolute Gasteiger partial charge is 0.347 e. The van der Waals surface area contributed by atoms with Gasteiger partial charge in [-0.2, -0.15) is 0 Å². The fourth-order valence-electron chi connectivity index (χ4n) is 3.27. The van der Waals surface area contributed by atoms with Gasteiger partial charge < -0.3 is 14.6 Å². The van der Waals surface area contributed by atoms with Gasteiger partial charge in [-0.15, -0.1) is 0 Å². The molecule has 0 aromatic heterocycles. The summed E-state index contributed by atoms with van der Waals surface area (Å²) >= 11 is 0. The van der Waals surface area contributed by atoms with Crippen LogP contribution in [0.2, 0.25) is 0 Å². The Morgan fingerprint density at radius 2 is 1.03 bits per heavy atom. The SMILES string of the molecule is CCCCCCCCCCCCCCCCCC(=O)OC(C)C(=O)OC(C)C(=O)O.[Na]. The quantitative estimate of drug-likeness (QED) is 0.143. The summed E-state index contributed by atoms with van der Waals surface area (Å²) in [4.78, 5) is 34.1. The van der Waals surface area contributed by atoms with Gasteiger partial charge in [0.2, 0.25) is 0 Å². The van der Waals surface area contributed by atoms with Gasteiger partial charge in [-0.25, -0.2) is 9.59 Å². The van der Waals surface area contributed by atoms with Gasteiger partial charge in [0.15, 0.2) is 12.2 Å². The summed E-state index contributed by atoms with van der Waals surface area (Å²) < 4.78 is 9.70. The number of hydrogen-bond donors (Lipinski definition) is 1. The Morgan fingerprint density at radius 1 is 0.645 bits per heavy atom. The Labute approximate surface area is 211 Å². The summed E-state index contributed by atoms with van der Waals surface area (Å²) in [5.41, 5.74) is 0. The van der Waals surface area contributed by atoms with Crippen molar-refractivity contribution in [3.05, 3.63) is 0 Å². The summed E-state index contributed by atoms with van der Waals surface area (Å²) in [6, 6.07) is 0. The minimum Gasteiger partial charge on any atom is -0.479 e. The molecule has 0 aromatic rings. The average molecular weight is 452 g/mol. The van der Waals surface area contributed by atoms with Gasteiger partial charge in [-0.3, -0.25) is 4.79 Å². The van der Waals surface area contributed by atoms with E-state index in [1.807, 2.05) is 0 Å². The molecule has 0 aliphatic heterocycles. The van der Waals surface area contributed by atoms with Crippen molar-refractivity contribution >= 4 is 47.5 Å². The Morgan fingerprint density at radius 3 is 1.42 bits per heavy atom. The van der Waals surface area contributed by atoms with Gasteiger partial charge in [0.1, 0.15) is 0 Å². The standard InChI is InChI=1S/C24H44O6.Na/c1-4-5-6-7-8-9-10-11-12-13-14-15-16-17-18-19-22(25)29-21(3)24(28)30-20(2)23(26)27;/h20-21H,4-19H2,1-3H3,(H,26,27);.